The van der Waals surface area contributed by atoms with Crippen molar-refractivity contribution in [2.45, 2.75) is 33.1 Å². The number of hydrogen-bond acceptors (Lipinski definition) is 4. The smallest absolute Gasteiger partial charge is 0.159 e. The molecule has 0 bridgehead atoms. The highest BCUT2D eigenvalue weighted by Crippen LogP contribution is 2.61. The molecule has 85 heavy (non-hydrogen) atoms. The summed E-state index contributed by atoms with van der Waals surface area (Å²) in [5.41, 5.74) is 25.0. The van der Waals surface area contributed by atoms with Crippen LogP contribution in [0.4, 0.5) is 34.1 Å². The predicted molar refractivity (Wildman–Crippen MR) is 355 cm³/mol. The number of furan rings is 2. The van der Waals surface area contributed by atoms with Crippen LogP contribution in [-0.4, -0.2) is 0 Å². The fourth-order valence-corrected chi connectivity index (χ4v) is 14.0. The van der Waals surface area contributed by atoms with Crippen LogP contribution in [0.5, 0.6) is 0 Å². The summed E-state index contributed by atoms with van der Waals surface area (Å²) in [5, 5.41) is 6.61. The Labute approximate surface area is 494 Å². The molecular weight excluding hydrogens is 1030 g/mol. The van der Waals surface area contributed by atoms with Crippen LogP contribution in [0.25, 0.3) is 88.0 Å². The fraction of sp³-hybridized carbons (Fsp3) is 0.0617. The van der Waals surface area contributed by atoms with Gasteiger partial charge in [0.05, 0.1) is 22.5 Å². The SMILES string of the molecule is Cc1ccc(C)c(N(c2ccc3c(c2)C(c2ccccc2)(c2ccccc2)c2cc(N(c4cc(C)ccc4C)c4cccc5c4oc4c(-c6ccccc6)cccc45)c4ccccc4c2-3)c2cccc3c2oc2c(-c4ccccc4)cccc23)c1. The summed E-state index contributed by atoms with van der Waals surface area (Å²) < 4.78 is 14.6. The first-order chi connectivity index (χ1) is 41.8. The van der Waals surface area contributed by atoms with Crippen molar-refractivity contribution in [3.05, 3.63) is 324 Å². The first-order valence-corrected chi connectivity index (χ1v) is 29.4. The van der Waals surface area contributed by atoms with Crippen molar-refractivity contribution in [2.75, 3.05) is 9.80 Å². The lowest BCUT2D eigenvalue weighted by Crippen LogP contribution is -2.29. The Kier molecular flexibility index (Phi) is 11.6. The summed E-state index contributed by atoms with van der Waals surface area (Å²) in [4.78, 5) is 4.94. The van der Waals surface area contributed by atoms with Crippen LogP contribution in [0.2, 0.25) is 0 Å². The molecule has 0 N–H and O–H groups in total. The highest BCUT2D eigenvalue weighted by atomic mass is 16.3. The van der Waals surface area contributed by atoms with E-state index in [1.807, 2.05) is 0 Å². The van der Waals surface area contributed by atoms with Gasteiger partial charge < -0.3 is 18.6 Å². The Hall–Kier alpha value is -10.7. The average molecular weight is 1090 g/mol. The van der Waals surface area contributed by atoms with E-state index in [0.717, 1.165) is 117 Å². The summed E-state index contributed by atoms with van der Waals surface area (Å²) in [6.45, 7) is 8.83. The minimum absolute atomic E-state index is 0.811. The number of anilines is 6. The Morgan fingerprint density at radius 1 is 0.282 bits per heavy atom. The van der Waals surface area contributed by atoms with Crippen LogP contribution in [0.15, 0.2) is 288 Å². The molecule has 0 amide bonds. The van der Waals surface area contributed by atoms with Crippen LogP contribution >= 0.6 is 0 Å². The molecule has 13 aromatic carbocycles. The van der Waals surface area contributed by atoms with Crippen LogP contribution in [0, 0.1) is 27.7 Å². The van der Waals surface area contributed by atoms with Crippen molar-refractivity contribution < 1.29 is 8.83 Å². The second-order valence-corrected chi connectivity index (χ2v) is 22.9. The molecule has 0 aliphatic heterocycles. The van der Waals surface area contributed by atoms with E-state index in [9.17, 15) is 0 Å². The van der Waals surface area contributed by atoms with Gasteiger partial charge in [0, 0.05) is 55.1 Å². The molecule has 4 nitrogen and oxygen atoms in total. The Morgan fingerprint density at radius 3 is 1.25 bits per heavy atom. The summed E-state index contributed by atoms with van der Waals surface area (Å²) in [6, 6.07) is 102. The molecule has 1 aliphatic carbocycles. The maximum Gasteiger partial charge on any atom is 0.159 e. The van der Waals surface area contributed by atoms with Gasteiger partial charge in [-0.05, 0) is 142 Å². The van der Waals surface area contributed by atoms with Gasteiger partial charge >= 0.3 is 0 Å². The van der Waals surface area contributed by atoms with Gasteiger partial charge in [-0.2, -0.15) is 0 Å². The van der Waals surface area contributed by atoms with E-state index in [1.165, 1.54) is 49.9 Å². The standard InChI is InChI=1S/C81H58N2O2/c1-51-41-43-53(3)73(47-51)82(71-39-21-37-66-64-35-19-33-60(77(64)84-79(66)71)55-23-9-5-10-24-55)59-45-46-68-69(49-59)81(57-27-13-7-14-28-57,58-29-15-8-16-30-58)70-50-75(62-31-17-18-32-63(62)76(68)70)83(74-48-52(2)42-44-54(74)4)72-40-22-38-67-65-36-20-34-61(78(65)85-80(67)72)56-25-11-6-12-26-56/h5-50H,1-4H3. The minimum Gasteiger partial charge on any atom is -0.453 e. The maximum absolute atomic E-state index is 7.34. The molecule has 0 fully saturated rings. The molecule has 1 aliphatic rings. The predicted octanol–water partition coefficient (Wildman–Crippen LogP) is 22.5. The second-order valence-electron chi connectivity index (χ2n) is 22.9. The lowest BCUT2D eigenvalue weighted by atomic mass is 9.67. The number of fused-ring (bicyclic) bond motifs is 11. The number of hydrogen-bond donors (Lipinski definition) is 0. The number of para-hydroxylation sites is 4. The summed E-state index contributed by atoms with van der Waals surface area (Å²) >= 11 is 0. The Morgan fingerprint density at radius 2 is 0.718 bits per heavy atom. The van der Waals surface area contributed by atoms with Gasteiger partial charge in [-0.15, -0.1) is 0 Å². The normalized spacial score (nSPS) is 12.6. The summed E-state index contributed by atoms with van der Waals surface area (Å²) in [5.74, 6) is 0. The molecule has 0 radical (unpaired) electrons. The van der Waals surface area contributed by atoms with Gasteiger partial charge in [-0.1, -0.05) is 237 Å². The molecule has 0 atom stereocenters. The maximum atomic E-state index is 7.34. The van der Waals surface area contributed by atoms with Crippen molar-refractivity contribution in [3.8, 4) is 33.4 Å². The third-order valence-electron chi connectivity index (χ3n) is 17.9. The highest BCUT2D eigenvalue weighted by Gasteiger charge is 2.48. The van der Waals surface area contributed by atoms with Crippen molar-refractivity contribution in [1.82, 2.24) is 0 Å². The van der Waals surface area contributed by atoms with Crippen LogP contribution < -0.4 is 9.80 Å². The molecule has 0 saturated heterocycles. The fourth-order valence-electron chi connectivity index (χ4n) is 14.0. The Bertz CT molecular complexity index is 5080. The molecule has 15 aromatic rings. The lowest BCUT2D eigenvalue weighted by Gasteiger charge is -2.36. The van der Waals surface area contributed by atoms with E-state index in [1.54, 1.807) is 0 Å². The molecule has 2 aromatic heterocycles. The van der Waals surface area contributed by atoms with Crippen molar-refractivity contribution >= 4 is 88.8 Å². The van der Waals surface area contributed by atoms with E-state index in [-0.39, 0.29) is 0 Å². The molecule has 4 heteroatoms. The number of nitrogens with zero attached hydrogens (tertiary/aromatic N) is 2. The van der Waals surface area contributed by atoms with Gasteiger partial charge in [0.2, 0.25) is 0 Å². The third kappa shape index (κ3) is 7.75. The zero-order valence-electron chi connectivity index (χ0n) is 47.8. The molecular formula is C81H58N2O2. The first kappa shape index (κ1) is 50.1. The van der Waals surface area contributed by atoms with Gasteiger partial charge in [-0.3, -0.25) is 0 Å². The van der Waals surface area contributed by atoms with Gasteiger partial charge in [0.15, 0.2) is 11.2 Å². The number of aryl methyl sites for hydroxylation is 4. The zero-order chi connectivity index (χ0) is 56.9. The molecule has 0 spiro atoms. The van der Waals surface area contributed by atoms with E-state index in [2.05, 4.69) is 317 Å². The number of rotatable bonds is 10. The van der Waals surface area contributed by atoms with Gasteiger partial charge in [0.25, 0.3) is 0 Å². The molecule has 0 saturated carbocycles. The van der Waals surface area contributed by atoms with E-state index >= 15 is 0 Å². The molecule has 16 rings (SSSR count). The molecule has 2 heterocycles. The van der Waals surface area contributed by atoms with Gasteiger partial charge in [-0.25, -0.2) is 0 Å². The van der Waals surface area contributed by atoms with E-state index < -0.39 is 5.41 Å². The van der Waals surface area contributed by atoms with Crippen LogP contribution in [0.3, 0.4) is 0 Å². The molecule has 0 unspecified atom stereocenters. The number of benzene rings is 13. The third-order valence-corrected chi connectivity index (χ3v) is 17.9. The van der Waals surface area contributed by atoms with E-state index in [0.29, 0.717) is 0 Å². The highest BCUT2D eigenvalue weighted by molar-refractivity contribution is 6.17. The summed E-state index contributed by atoms with van der Waals surface area (Å²) in [7, 11) is 0. The van der Waals surface area contributed by atoms with Crippen molar-refractivity contribution in [2.24, 2.45) is 0 Å². The average Bonchev–Trinajstić information content (AvgIpc) is 1.57. The van der Waals surface area contributed by atoms with Crippen LogP contribution in [-0.2, 0) is 5.41 Å². The minimum atomic E-state index is -0.811. The quantitative estimate of drug-likeness (QED) is 0.137. The lowest BCUT2D eigenvalue weighted by molar-refractivity contribution is 0.670. The first-order valence-electron chi connectivity index (χ1n) is 29.4. The van der Waals surface area contributed by atoms with E-state index in [4.69, 9.17) is 8.83 Å². The summed E-state index contributed by atoms with van der Waals surface area (Å²) in [6.07, 6.45) is 0. The van der Waals surface area contributed by atoms with Crippen LogP contribution in [0.1, 0.15) is 44.5 Å². The van der Waals surface area contributed by atoms with Gasteiger partial charge in [0.1, 0.15) is 11.2 Å². The largest absolute Gasteiger partial charge is 0.453 e. The van der Waals surface area contributed by atoms with Crippen molar-refractivity contribution in [3.63, 3.8) is 0 Å². The monoisotopic (exact) mass is 1090 g/mol. The zero-order valence-corrected chi connectivity index (χ0v) is 47.8. The van der Waals surface area contributed by atoms with Crippen molar-refractivity contribution in [1.29, 1.82) is 0 Å². The Balaban J connectivity index is 0.993. The molecule has 404 valence electrons. The topological polar surface area (TPSA) is 32.8 Å². The second kappa shape index (κ2) is 19.8.